The van der Waals surface area contributed by atoms with Crippen molar-refractivity contribution in [2.75, 3.05) is 5.32 Å². The topological polar surface area (TPSA) is 68.0 Å². The van der Waals surface area contributed by atoms with Crippen molar-refractivity contribution in [3.05, 3.63) is 41.5 Å². The highest BCUT2D eigenvalue weighted by Gasteiger charge is 2.29. The van der Waals surface area contributed by atoms with Gasteiger partial charge in [-0.05, 0) is 24.3 Å². The number of carbonyl (C=O) groups excluding carboxylic acids is 1. The van der Waals surface area contributed by atoms with E-state index < -0.39 is 17.6 Å². The van der Waals surface area contributed by atoms with E-state index in [0.717, 1.165) is 12.1 Å². The molecule has 0 aliphatic carbocycles. The number of hydrogen-bond donors (Lipinski definition) is 1. The van der Waals surface area contributed by atoms with Gasteiger partial charge in [-0.15, -0.1) is 0 Å². The second-order valence-electron chi connectivity index (χ2n) is 4.03. The number of anilines is 1. The molecule has 106 valence electrons. The summed E-state index contributed by atoms with van der Waals surface area (Å²) in [6.45, 7) is 1.59. The highest BCUT2D eigenvalue weighted by molar-refractivity contribution is 5.91. The summed E-state index contributed by atoms with van der Waals surface area (Å²) in [4.78, 5) is 15.5. The van der Waals surface area contributed by atoms with Gasteiger partial charge in [0.2, 0.25) is 11.8 Å². The monoisotopic (exact) mass is 285 g/mol. The Labute approximate surface area is 111 Å². The van der Waals surface area contributed by atoms with Gasteiger partial charge in [0.1, 0.15) is 0 Å². The fraction of sp³-hybridized carbons (Fsp3) is 0.250. The third kappa shape index (κ3) is 3.56. The van der Waals surface area contributed by atoms with Crippen molar-refractivity contribution in [1.29, 1.82) is 0 Å². The smallest absolute Gasteiger partial charge is 0.340 e. The number of halogens is 3. The van der Waals surface area contributed by atoms with Crippen molar-refractivity contribution in [2.24, 2.45) is 0 Å². The Kier molecular flexibility index (Phi) is 3.73. The molecular formula is C12H10F3N3O2. The molecule has 2 rings (SSSR count). The Bertz CT molecular complexity index is 605. The van der Waals surface area contributed by atoms with Crippen LogP contribution in [0.4, 0.5) is 18.9 Å². The van der Waals surface area contributed by atoms with E-state index in [-0.39, 0.29) is 17.9 Å². The van der Waals surface area contributed by atoms with Gasteiger partial charge in [0.25, 0.3) is 0 Å². The summed E-state index contributed by atoms with van der Waals surface area (Å²) < 4.78 is 41.8. The van der Waals surface area contributed by atoms with Crippen molar-refractivity contribution in [1.82, 2.24) is 10.1 Å². The van der Waals surface area contributed by atoms with Crippen molar-refractivity contribution < 1.29 is 22.5 Å². The number of benzene rings is 1. The van der Waals surface area contributed by atoms with Gasteiger partial charge >= 0.3 is 6.18 Å². The maximum absolute atomic E-state index is 12.4. The number of amides is 1. The van der Waals surface area contributed by atoms with Crippen LogP contribution in [0.2, 0.25) is 0 Å². The third-order valence-electron chi connectivity index (χ3n) is 2.38. The van der Waals surface area contributed by atoms with E-state index in [4.69, 9.17) is 4.52 Å². The van der Waals surface area contributed by atoms with Crippen molar-refractivity contribution in [2.45, 2.75) is 19.5 Å². The van der Waals surface area contributed by atoms with Crippen LogP contribution in [-0.4, -0.2) is 16.0 Å². The second-order valence-corrected chi connectivity index (χ2v) is 4.03. The zero-order chi connectivity index (χ0) is 14.8. The minimum absolute atomic E-state index is 0.113. The van der Waals surface area contributed by atoms with E-state index in [1.54, 1.807) is 6.92 Å². The number of nitrogens with zero attached hydrogens (tertiary/aromatic N) is 2. The summed E-state index contributed by atoms with van der Waals surface area (Å²) in [6, 6.07) is 4.16. The number of aryl methyl sites for hydroxylation is 1. The maximum atomic E-state index is 12.4. The van der Waals surface area contributed by atoms with E-state index in [1.165, 1.54) is 12.1 Å². The molecule has 0 aliphatic heterocycles. The Morgan fingerprint density at radius 2 is 1.95 bits per heavy atom. The molecule has 20 heavy (non-hydrogen) atoms. The molecule has 1 aromatic carbocycles. The number of hydrogen-bond acceptors (Lipinski definition) is 4. The van der Waals surface area contributed by atoms with E-state index in [2.05, 4.69) is 15.5 Å². The zero-order valence-electron chi connectivity index (χ0n) is 10.4. The van der Waals surface area contributed by atoms with Crippen LogP contribution in [0, 0.1) is 6.92 Å². The van der Waals surface area contributed by atoms with Crippen molar-refractivity contribution in [3.63, 3.8) is 0 Å². The van der Waals surface area contributed by atoms with E-state index in [0.29, 0.717) is 5.89 Å². The molecule has 1 N–H and O–H groups in total. The summed E-state index contributed by atoms with van der Waals surface area (Å²) in [5.74, 6) is 0.111. The van der Waals surface area contributed by atoms with Crippen LogP contribution in [0.3, 0.4) is 0 Å². The SMILES string of the molecule is Cc1nc(CC(=O)Nc2ccc(C(F)(F)F)cc2)no1. The lowest BCUT2D eigenvalue weighted by Crippen LogP contribution is -2.15. The molecule has 0 saturated heterocycles. The minimum atomic E-state index is -4.40. The lowest BCUT2D eigenvalue weighted by molar-refractivity contribution is -0.137. The van der Waals surface area contributed by atoms with E-state index >= 15 is 0 Å². The average Bonchev–Trinajstić information content (AvgIpc) is 2.74. The average molecular weight is 285 g/mol. The van der Waals surface area contributed by atoms with Crippen LogP contribution in [0.25, 0.3) is 0 Å². The number of carbonyl (C=O) groups is 1. The van der Waals surface area contributed by atoms with Gasteiger partial charge in [-0.1, -0.05) is 5.16 Å². The van der Waals surface area contributed by atoms with Crippen LogP contribution < -0.4 is 5.32 Å². The Morgan fingerprint density at radius 3 is 2.45 bits per heavy atom. The first kappa shape index (κ1) is 14.0. The predicted molar refractivity (Wildman–Crippen MR) is 62.8 cm³/mol. The molecule has 5 nitrogen and oxygen atoms in total. The molecule has 0 fully saturated rings. The lowest BCUT2D eigenvalue weighted by Gasteiger charge is -2.08. The zero-order valence-corrected chi connectivity index (χ0v) is 10.4. The van der Waals surface area contributed by atoms with E-state index in [9.17, 15) is 18.0 Å². The summed E-state index contributed by atoms with van der Waals surface area (Å²) in [7, 11) is 0. The fourth-order valence-electron chi connectivity index (χ4n) is 1.50. The molecule has 1 heterocycles. The standard InChI is InChI=1S/C12H10F3N3O2/c1-7-16-10(18-20-7)6-11(19)17-9-4-2-8(3-5-9)12(13,14)15/h2-5H,6H2,1H3,(H,17,19). The first-order chi connectivity index (χ1) is 9.34. The number of aromatic nitrogens is 2. The molecule has 0 unspecified atom stereocenters. The first-order valence-corrected chi connectivity index (χ1v) is 5.61. The van der Waals surface area contributed by atoms with Gasteiger partial charge in [-0.2, -0.15) is 18.2 Å². The van der Waals surface area contributed by atoms with Crippen LogP contribution in [0.1, 0.15) is 17.3 Å². The molecule has 0 saturated carbocycles. The molecule has 0 bridgehead atoms. The molecule has 8 heteroatoms. The Hall–Kier alpha value is -2.38. The Morgan fingerprint density at radius 1 is 1.30 bits per heavy atom. The number of alkyl halides is 3. The molecule has 1 amide bonds. The summed E-state index contributed by atoms with van der Waals surface area (Å²) in [5, 5.41) is 6.00. The minimum Gasteiger partial charge on any atom is -0.340 e. The quantitative estimate of drug-likeness (QED) is 0.941. The molecule has 0 radical (unpaired) electrons. The van der Waals surface area contributed by atoms with Crippen LogP contribution in [0.5, 0.6) is 0 Å². The molecule has 0 spiro atoms. The molecule has 1 aromatic heterocycles. The van der Waals surface area contributed by atoms with Crippen LogP contribution in [0.15, 0.2) is 28.8 Å². The number of rotatable bonds is 3. The third-order valence-corrected chi connectivity index (χ3v) is 2.38. The van der Waals surface area contributed by atoms with Gasteiger partial charge in [0.05, 0.1) is 12.0 Å². The van der Waals surface area contributed by atoms with Gasteiger partial charge in [0.15, 0.2) is 5.82 Å². The predicted octanol–water partition coefficient (Wildman–Crippen LogP) is 2.58. The lowest BCUT2D eigenvalue weighted by atomic mass is 10.2. The molecular weight excluding hydrogens is 275 g/mol. The highest BCUT2D eigenvalue weighted by atomic mass is 19.4. The van der Waals surface area contributed by atoms with Gasteiger partial charge < -0.3 is 9.84 Å². The summed E-state index contributed by atoms with van der Waals surface area (Å²) >= 11 is 0. The van der Waals surface area contributed by atoms with Gasteiger partial charge in [-0.25, -0.2) is 0 Å². The van der Waals surface area contributed by atoms with Gasteiger partial charge in [-0.3, -0.25) is 4.79 Å². The molecule has 2 aromatic rings. The molecule has 0 atom stereocenters. The molecule has 0 aliphatic rings. The van der Waals surface area contributed by atoms with E-state index in [1.807, 2.05) is 0 Å². The summed E-state index contributed by atoms with van der Waals surface area (Å²) in [6.07, 6.45) is -4.51. The normalized spacial score (nSPS) is 11.4. The van der Waals surface area contributed by atoms with Gasteiger partial charge in [0, 0.05) is 12.6 Å². The Balaban J connectivity index is 1.98. The van der Waals surface area contributed by atoms with Crippen LogP contribution >= 0.6 is 0 Å². The van der Waals surface area contributed by atoms with Crippen LogP contribution in [-0.2, 0) is 17.4 Å². The summed E-state index contributed by atoms with van der Waals surface area (Å²) in [5.41, 5.74) is -0.507. The largest absolute Gasteiger partial charge is 0.416 e. The highest BCUT2D eigenvalue weighted by Crippen LogP contribution is 2.29. The number of nitrogens with one attached hydrogen (secondary N) is 1. The van der Waals surface area contributed by atoms with Crippen molar-refractivity contribution >= 4 is 11.6 Å². The fourth-order valence-corrected chi connectivity index (χ4v) is 1.50. The first-order valence-electron chi connectivity index (χ1n) is 5.61. The maximum Gasteiger partial charge on any atom is 0.416 e. The van der Waals surface area contributed by atoms with Crippen molar-refractivity contribution in [3.8, 4) is 0 Å². The second kappa shape index (κ2) is 5.32.